The first-order chi connectivity index (χ1) is 7.43. The smallest absolute Gasteiger partial charge is 0.266 e. The second kappa shape index (κ2) is 3.10. The van der Waals surface area contributed by atoms with E-state index in [1.165, 1.54) is 0 Å². The summed E-state index contributed by atoms with van der Waals surface area (Å²) in [6, 6.07) is 0. The van der Waals surface area contributed by atoms with E-state index in [2.05, 4.69) is 12.2 Å². The highest BCUT2D eigenvalue weighted by Crippen LogP contribution is 2.58. The normalized spacial score (nSPS) is 48.6. The van der Waals surface area contributed by atoms with Gasteiger partial charge in [-0.3, -0.25) is 4.18 Å². The molecule has 3 aliphatic rings. The van der Waals surface area contributed by atoms with Crippen molar-refractivity contribution in [1.29, 1.82) is 0 Å². The lowest BCUT2D eigenvalue weighted by Gasteiger charge is -2.41. The summed E-state index contributed by atoms with van der Waals surface area (Å²) >= 11 is 0. The number of hydrogen-bond acceptors (Lipinski definition) is 3. The van der Waals surface area contributed by atoms with Crippen LogP contribution in [0.5, 0.6) is 0 Å². The average molecular weight is 242 g/mol. The standard InChI is InChI=1S/C12H18O3S/c1-8(2)10-7-12-4-3-9(6-12)5-11(12)16(13,14)15-10/h3-4,8-11H,5-7H2,1-2H3/t9-,10+,11-,12-/m1/s1. The molecule has 0 aromatic heterocycles. The Bertz CT molecular complexity index is 437. The van der Waals surface area contributed by atoms with Gasteiger partial charge in [0.2, 0.25) is 0 Å². The van der Waals surface area contributed by atoms with E-state index in [9.17, 15) is 8.42 Å². The van der Waals surface area contributed by atoms with Crippen molar-refractivity contribution in [3.8, 4) is 0 Å². The highest BCUT2D eigenvalue weighted by Gasteiger charge is 2.59. The van der Waals surface area contributed by atoms with Crippen LogP contribution in [0.4, 0.5) is 0 Å². The molecule has 3 nitrogen and oxygen atoms in total. The van der Waals surface area contributed by atoms with Crippen molar-refractivity contribution in [1.82, 2.24) is 0 Å². The quantitative estimate of drug-likeness (QED) is 0.522. The van der Waals surface area contributed by atoms with Crippen molar-refractivity contribution in [2.75, 3.05) is 0 Å². The first kappa shape index (κ1) is 10.8. The van der Waals surface area contributed by atoms with Crippen molar-refractivity contribution in [3.05, 3.63) is 12.2 Å². The third-order valence-corrected chi connectivity index (χ3v) is 6.31. The second-order valence-electron chi connectivity index (χ2n) is 5.86. The van der Waals surface area contributed by atoms with Crippen LogP contribution >= 0.6 is 0 Å². The van der Waals surface area contributed by atoms with E-state index < -0.39 is 10.1 Å². The lowest BCUT2D eigenvalue weighted by Crippen LogP contribution is -2.47. The molecular weight excluding hydrogens is 224 g/mol. The van der Waals surface area contributed by atoms with Crippen LogP contribution in [-0.4, -0.2) is 19.8 Å². The Labute approximate surface area is 97.0 Å². The number of hydrogen-bond donors (Lipinski definition) is 0. The maximum absolute atomic E-state index is 12.1. The molecular formula is C12H18O3S. The van der Waals surface area contributed by atoms with Crippen LogP contribution in [0.3, 0.4) is 0 Å². The molecule has 1 spiro atoms. The van der Waals surface area contributed by atoms with E-state index in [0.717, 1.165) is 19.3 Å². The molecule has 90 valence electrons. The first-order valence-corrected chi connectivity index (χ1v) is 7.51. The van der Waals surface area contributed by atoms with Crippen LogP contribution in [0, 0.1) is 17.3 Å². The van der Waals surface area contributed by atoms with Gasteiger partial charge >= 0.3 is 0 Å². The number of allylic oxidation sites excluding steroid dienone is 2. The molecule has 2 fully saturated rings. The number of rotatable bonds is 1. The van der Waals surface area contributed by atoms with Crippen LogP contribution in [0.1, 0.15) is 33.1 Å². The lowest BCUT2D eigenvalue weighted by atomic mass is 9.79. The van der Waals surface area contributed by atoms with Gasteiger partial charge in [0.1, 0.15) is 0 Å². The van der Waals surface area contributed by atoms with Crippen molar-refractivity contribution in [2.24, 2.45) is 17.3 Å². The highest BCUT2D eigenvalue weighted by atomic mass is 32.2. The lowest BCUT2D eigenvalue weighted by molar-refractivity contribution is 0.0815. The third-order valence-electron chi connectivity index (χ3n) is 4.43. The monoisotopic (exact) mass is 242 g/mol. The molecule has 0 N–H and O–H groups in total. The number of fused-ring (bicyclic) bond motifs is 1. The van der Waals surface area contributed by atoms with Crippen LogP contribution in [0.15, 0.2) is 12.2 Å². The molecule has 1 saturated heterocycles. The van der Waals surface area contributed by atoms with Crippen LogP contribution in [0.2, 0.25) is 0 Å². The molecule has 0 aromatic carbocycles. The first-order valence-electron chi connectivity index (χ1n) is 6.04. The van der Waals surface area contributed by atoms with E-state index in [-0.39, 0.29) is 22.7 Å². The zero-order valence-corrected chi connectivity index (χ0v) is 10.5. The van der Waals surface area contributed by atoms with Gasteiger partial charge in [-0.05, 0) is 31.1 Å². The fourth-order valence-electron chi connectivity index (χ4n) is 3.55. The summed E-state index contributed by atoms with van der Waals surface area (Å²) < 4.78 is 29.5. The van der Waals surface area contributed by atoms with Crippen molar-refractivity contribution in [2.45, 2.75) is 44.5 Å². The summed E-state index contributed by atoms with van der Waals surface area (Å²) in [6.07, 6.45) is 6.88. The Morgan fingerprint density at radius 3 is 2.75 bits per heavy atom. The van der Waals surface area contributed by atoms with Gasteiger partial charge in [-0.15, -0.1) is 0 Å². The summed E-state index contributed by atoms with van der Waals surface area (Å²) in [5, 5.41) is -0.273. The molecule has 0 radical (unpaired) electrons. The molecule has 16 heavy (non-hydrogen) atoms. The molecule has 4 heteroatoms. The molecule has 4 atom stereocenters. The average Bonchev–Trinajstić information content (AvgIpc) is 2.72. The Morgan fingerprint density at radius 1 is 1.38 bits per heavy atom. The summed E-state index contributed by atoms with van der Waals surface area (Å²) in [6.45, 7) is 4.06. The summed E-state index contributed by atoms with van der Waals surface area (Å²) in [5.74, 6) is 0.729. The largest absolute Gasteiger partial charge is 0.271 e. The summed E-state index contributed by atoms with van der Waals surface area (Å²) in [5.41, 5.74) is -0.101. The fraction of sp³-hybridized carbons (Fsp3) is 0.833. The predicted molar refractivity (Wildman–Crippen MR) is 61.3 cm³/mol. The molecule has 0 aromatic rings. The zero-order valence-electron chi connectivity index (χ0n) is 9.72. The van der Waals surface area contributed by atoms with E-state index in [1.54, 1.807) is 0 Å². The molecule has 1 aliphatic heterocycles. The van der Waals surface area contributed by atoms with Gasteiger partial charge in [0.25, 0.3) is 10.1 Å². The SMILES string of the molecule is CC(C)[C@@H]1C[C@]23C=C[C@H](C[C@H]2S(=O)(=O)O1)C3. The Kier molecular flexibility index (Phi) is 2.09. The topological polar surface area (TPSA) is 43.4 Å². The van der Waals surface area contributed by atoms with E-state index in [0.29, 0.717) is 5.92 Å². The molecule has 0 unspecified atom stereocenters. The Hall–Kier alpha value is -0.350. The maximum Gasteiger partial charge on any atom is 0.271 e. The Balaban J connectivity index is 2.01. The van der Waals surface area contributed by atoms with Gasteiger partial charge in [-0.25, -0.2) is 0 Å². The molecule has 1 saturated carbocycles. The third kappa shape index (κ3) is 1.32. The summed E-state index contributed by atoms with van der Waals surface area (Å²) in [4.78, 5) is 0. The van der Waals surface area contributed by atoms with Gasteiger partial charge in [0.05, 0.1) is 11.4 Å². The Morgan fingerprint density at radius 2 is 2.12 bits per heavy atom. The molecule has 3 rings (SSSR count). The van der Waals surface area contributed by atoms with Crippen molar-refractivity contribution < 1.29 is 12.6 Å². The molecule has 0 amide bonds. The van der Waals surface area contributed by atoms with Gasteiger partial charge in [-0.2, -0.15) is 8.42 Å². The van der Waals surface area contributed by atoms with Gasteiger partial charge < -0.3 is 0 Å². The van der Waals surface area contributed by atoms with E-state index >= 15 is 0 Å². The second-order valence-corrected chi connectivity index (χ2v) is 7.60. The summed E-state index contributed by atoms with van der Waals surface area (Å²) in [7, 11) is -3.35. The molecule has 2 aliphatic carbocycles. The minimum atomic E-state index is -3.35. The fourth-order valence-corrected chi connectivity index (χ4v) is 5.64. The zero-order chi connectivity index (χ0) is 11.6. The molecule has 1 heterocycles. The van der Waals surface area contributed by atoms with E-state index in [4.69, 9.17) is 4.18 Å². The van der Waals surface area contributed by atoms with Gasteiger partial charge in [0.15, 0.2) is 0 Å². The molecule has 2 bridgehead atoms. The van der Waals surface area contributed by atoms with Crippen molar-refractivity contribution >= 4 is 10.1 Å². The maximum atomic E-state index is 12.1. The van der Waals surface area contributed by atoms with Gasteiger partial charge in [0, 0.05) is 5.41 Å². The van der Waals surface area contributed by atoms with Gasteiger partial charge in [-0.1, -0.05) is 26.0 Å². The minimum Gasteiger partial charge on any atom is -0.266 e. The predicted octanol–water partition coefficient (Wildman–Crippen LogP) is 2.10. The van der Waals surface area contributed by atoms with Crippen LogP contribution < -0.4 is 0 Å². The van der Waals surface area contributed by atoms with E-state index in [1.807, 2.05) is 13.8 Å². The highest BCUT2D eigenvalue weighted by molar-refractivity contribution is 7.87. The minimum absolute atomic E-state index is 0.101. The van der Waals surface area contributed by atoms with Crippen LogP contribution in [-0.2, 0) is 14.3 Å². The van der Waals surface area contributed by atoms with Crippen molar-refractivity contribution in [3.63, 3.8) is 0 Å². The van der Waals surface area contributed by atoms with Crippen LogP contribution in [0.25, 0.3) is 0 Å².